The largest absolute Gasteiger partial charge is 0.397 e. The predicted octanol–water partition coefficient (Wildman–Crippen LogP) is -6.78. The minimum absolute atomic E-state index is 1.92. The maximum atomic E-state index is 11.9. The molecule has 328 valence electrons. The van der Waals surface area contributed by atoms with E-state index in [1.807, 2.05) is 0 Å². The molecular weight excluding hydrogens is 961 g/mol. The summed E-state index contributed by atoms with van der Waals surface area (Å²) in [4.78, 5) is 0. The number of rotatable bonds is 21. The summed E-state index contributed by atoms with van der Waals surface area (Å²) in [7, 11) is -48.3. The van der Waals surface area contributed by atoms with Gasteiger partial charge in [0.25, 0.3) is 0 Å². The quantitative estimate of drug-likeness (QED) is 0.0496. The second kappa shape index (κ2) is 17.2. The molecule has 55 heavy (non-hydrogen) atoms. The summed E-state index contributed by atoms with van der Waals surface area (Å²) in [5.74, 6) is -4.12. The third kappa shape index (κ3) is 18.1. The molecule has 0 aromatic rings. The van der Waals surface area contributed by atoms with E-state index in [4.69, 9.17) is 23.3 Å². The minimum atomic E-state index is -6.24. The molecular formula is C12H22O35S8. The first kappa shape index (κ1) is 50.0. The zero-order valence-corrected chi connectivity index (χ0v) is 31.6. The fourth-order valence-electron chi connectivity index (χ4n) is 4.24. The summed E-state index contributed by atoms with van der Waals surface area (Å²) in [6.45, 7) is -6.25. The van der Waals surface area contributed by atoms with E-state index in [9.17, 15) is 94.7 Å². The van der Waals surface area contributed by atoms with E-state index in [1.165, 1.54) is 0 Å². The lowest BCUT2D eigenvalue weighted by Gasteiger charge is -2.45. The van der Waals surface area contributed by atoms with Gasteiger partial charge in [0.2, 0.25) is 5.79 Å². The van der Waals surface area contributed by atoms with Gasteiger partial charge in [0.15, 0.2) is 18.5 Å². The van der Waals surface area contributed by atoms with Crippen LogP contribution in [0.25, 0.3) is 0 Å². The van der Waals surface area contributed by atoms with Crippen LogP contribution in [-0.2, 0) is 131 Å². The Morgan fingerprint density at radius 1 is 0.418 bits per heavy atom. The maximum Gasteiger partial charge on any atom is 0.397 e. The van der Waals surface area contributed by atoms with Crippen molar-refractivity contribution in [1.82, 2.24) is 0 Å². The standard InChI is InChI=1S/C12H22O35S8/c13-48(14,15)37-1-4-6(43-51(22,23)24)8(45-53(28,29)30)9(46-54(31,32)33)11(40-4)42-12(3-39-50(19,20)21)10(47-55(34,35)36)7(44-52(25,26)27)5(41-12)2-38-49(16,17)18/h4-11H,1-3H2,(H,13,14,15)(H,16,17,18)(H,19,20,21)(H,22,23,24)(H,25,26,27)(H,28,29,30)(H,31,32,33)(H,34,35,36)/t4-,5-,6+,7-,8+,9-,10-,11+,12+/m1/s1. The smallest absolute Gasteiger partial charge is 0.341 e. The third-order valence-corrected chi connectivity index (χ3v) is 9.28. The van der Waals surface area contributed by atoms with E-state index < -0.39 is 158 Å². The number of hydrogen-bond acceptors (Lipinski definition) is 27. The van der Waals surface area contributed by atoms with Crippen molar-refractivity contribution >= 4 is 83.2 Å². The molecule has 0 aromatic carbocycles. The van der Waals surface area contributed by atoms with Crippen molar-refractivity contribution in [1.29, 1.82) is 0 Å². The lowest BCUT2D eigenvalue weighted by molar-refractivity contribution is -0.374. The van der Waals surface area contributed by atoms with Crippen molar-refractivity contribution in [3.8, 4) is 0 Å². The van der Waals surface area contributed by atoms with Crippen molar-refractivity contribution in [2.45, 2.75) is 54.8 Å². The van der Waals surface area contributed by atoms with Crippen molar-refractivity contribution < 1.29 is 151 Å². The molecule has 0 radical (unpaired) electrons. The van der Waals surface area contributed by atoms with Gasteiger partial charge in [-0.1, -0.05) is 0 Å². The van der Waals surface area contributed by atoms with E-state index in [0.29, 0.717) is 0 Å². The van der Waals surface area contributed by atoms with Gasteiger partial charge in [-0.25, -0.2) is 33.5 Å². The first-order valence-corrected chi connectivity index (χ1v) is 23.2. The summed E-state index contributed by atoms with van der Waals surface area (Å²) in [5.41, 5.74) is 0. The van der Waals surface area contributed by atoms with Crippen LogP contribution in [0.5, 0.6) is 0 Å². The first-order chi connectivity index (χ1) is 24.2. The molecule has 0 aliphatic carbocycles. The predicted molar refractivity (Wildman–Crippen MR) is 152 cm³/mol. The van der Waals surface area contributed by atoms with Gasteiger partial charge in [0.05, 0.1) is 13.2 Å². The lowest BCUT2D eigenvalue weighted by Crippen LogP contribution is -2.65. The number of ether oxygens (including phenoxy) is 3. The van der Waals surface area contributed by atoms with Crippen LogP contribution in [0.15, 0.2) is 0 Å². The SMILES string of the molecule is O=S(=O)(O)OC[C@H]1O[C@@H](O[C@]2(COS(=O)(=O)O)O[C@H](COS(=O)(=O)O)[C@@H](OS(=O)(=O)O)[C@H]2OS(=O)(=O)O)[C@H](OS(=O)(=O)O)[C@@H](OS(=O)(=O)O)[C@H]1OS(=O)(=O)O. The molecule has 2 fully saturated rings. The van der Waals surface area contributed by atoms with Crippen LogP contribution in [0.4, 0.5) is 0 Å². The van der Waals surface area contributed by atoms with Crippen molar-refractivity contribution in [2.24, 2.45) is 0 Å². The summed E-state index contributed by atoms with van der Waals surface area (Å²) in [6.07, 6.45) is -26.0. The summed E-state index contributed by atoms with van der Waals surface area (Å²) in [6, 6.07) is 0. The van der Waals surface area contributed by atoms with Gasteiger partial charge in [0, 0.05) is 0 Å². The van der Waals surface area contributed by atoms with Crippen molar-refractivity contribution in [2.75, 3.05) is 19.8 Å². The molecule has 2 heterocycles. The molecule has 2 rings (SSSR count). The highest BCUT2D eigenvalue weighted by atomic mass is 32.3. The third-order valence-electron chi connectivity index (χ3n) is 5.68. The monoisotopic (exact) mass is 982 g/mol. The van der Waals surface area contributed by atoms with E-state index in [1.54, 1.807) is 0 Å². The van der Waals surface area contributed by atoms with Gasteiger partial charge in [0.1, 0.15) is 37.1 Å². The van der Waals surface area contributed by atoms with Crippen LogP contribution in [0.2, 0.25) is 0 Å². The highest BCUT2D eigenvalue weighted by Gasteiger charge is 2.65. The van der Waals surface area contributed by atoms with Crippen LogP contribution in [0.1, 0.15) is 0 Å². The van der Waals surface area contributed by atoms with E-state index in [0.717, 1.165) is 0 Å². The van der Waals surface area contributed by atoms with Gasteiger partial charge >= 0.3 is 83.2 Å². The average molecular weight is 983 g/mol. The Morgan fingerprint density at radius 3 is 1.18 bits per heavy atom. The molecule has 2 saturated heterocycles. The summed E-state index contributed by atoms with van der Waals surface area (Å²) in [5, 5.41) is 0. The molecule has 0 aromatic heterocycles. The Bertz CT molecular complexity index is 2280. The highest BCUT2D eigenvalue weighted by Crippen LogP contribution is 2.42. The lowest BCUT2D eigenvalue weighted by atomic mass is 9.99. The Hall–Kier alpha value is -1.16. The van der Waals surface area contributed by atoms with Gasteiger partial charge in [-0.15, -0.1) is 0 Å². The van der Waals surface area contributed by atoms with Crippen LogP contribution in [0, 0.1) is 0 Å². The number of hydrogen-bond donors (Lipinski definition) is 8. The molecule has 2 aliphatic rings. The van der Waals surface area contributed by atoms with E-state index in [2.05, 4.69) is 33.5 Å². The molecule has 0 spiro atoms. The molecule has 0 amide bonds. The first-order valence-electron chi connectivity index (χ1n) is 12.3. The Balaban J connectivity index is 3.07. The average Bonchev–Trinajstić information content (AvgIpc) is 3.15. The molecule has 9 atom stereocenters. The van der Waals surface area contributed by atoms with E-state index in [-0.39, 0.29) is 0 Å². The van der Waals surface area contributed by atoms with Crippen LogP contribution in [0.3, 0.4) is 0 Å². The topological polar surface area (TPSA) is 536 Å². The summed E-state index contributed by atoms with van der Waals surface area (Å²) < 4.78 is 307. The van der Waals surface area contributed by atoms with Crippen LogP contribution in [-0.4, -0.2) is 178 Å². The zero-order chi connectivity index (χ0) is 43.0. The molecule has 35 nitrogen and oxygen atoms in total. The van der Waals surface area contributed by atoms with E-state index >= 15 is 0 Å². The van der Waals surface area contributed by atoms with Gasteiger partial charge in [-0.3, -0.25) is 36.4 Å². The zero-order valence-electron chi connectivity index (χ0n) is 25.1. The van der Waals surface area contributed by atoms with Gasteiger partial charge < -0.3 is 14.2 Å². The fourth-order valence-corrected chi connectivity index (χ4v) is 7.68. The molecule has 0 bridgehead atoms. The molecule has 8 N–H and O–H groups in total. The van der Waals surface area contributed by atoms with Gasteiger partial charge in [-0.2, -0.15) is 67.3 Å². The maximum absolute atomic E-state index is 11.9. The molecule has 2 aliphatic heterocycles. The molecule has 0 saturated carbocycles. The Morgan fingerprint density at radius 2 is 0.782 bits per heavy atom. The summed E-state index contributed by atoms with van der Waals surface area (Å²) >= 11 is 0. The second-order valence-corrected chi connectivity index (χ2v) is 18.2. The van der Waals surface area contributed by atoms with Crippen LogP contribution >= 0.6 is 0 Å². The Labute approximate surface area is 308 Å². The second-order valence-electron chi connectivity index (χ2n) is 9.64. The van der Waals surface area contributed by atoms with Crippen LogP contribution < -0.4 is 0 Å². The van der Waals surface area contributed by atoms with Crippen molar-refractivity contribution in [3.05, 3.63) is 0 Å². The van der Waals surface area contributed by atoms with Gasteiger partial charge in [-0.05, 0) is 0 Å². The van der Waals surface area contributed by atoms with Crippen molar-refractivity contribution in [3.63, 3.8) is 0 Å². The Kier molecular flexibility index (Phi) is 15.6. The minimum Gasteiger partial charge on any atom is -0.341 e. The molecule has 43 heteroatoms. The fraction of sp³-hybridized carbons (Fsp3) is 1.00. The highest BCUT2D eigenvalue weighted by molar-refractivity contribution is 7.82. The normalized spacial score (nSPS) is 30.7. The molecule has 0 unspecified atom stereocenters.